The first kappa shape index (κ1) is 34.5. The van der Waals surface area contributed by atoms with Gasteiger partial charge < -0.3 is 27.0 Å². The largest absolute Gasteiger partial charge is 0.397 e. The van der Waals surface area contributed by atoms with Crippen molar-refractivity contribution in [3.63, 3.8) is 0 Å². The standard InChI is InChI=1S/C35H43F3N6O2/c1-34(35(36,37)38)19-16-25(17-20-34)14-15-31(45)42-23-28-18-22-44(32(46)30(43-28)13-8-21-41-33(39)40)24-29(26-9-4-2-5-10-26)27-11-6-3-7-12-27/h2-7,9-12,14-17,19,28-30,43H,8,13,18,20-24H2,1H3,(H,42,45)(H4,39,40,41)/b15-14+/t28-,30-,34?/m0/s1. The van der Waals surface area contributed by atoms with Crippen LogP contribution in [0, 0.1) is 5.41 Å². The summed E-state index contributed by atoms with van der Waals surface area (Å²) in [4.78, 5) is 32.6. The Bertz CT molecular complexity index is 1400. The summed E-state index contributed by atoms with van der Waals surface area (Å²) in [7, 11) is 0. The maximum Gasteiger partial charge on any atom is 0.397 e. The van der Waals surface area contributed by atoms with Crippen LogP contribution in [-0.2, 0) is 9.59 Å². The number of hydrogen-bond donors (Lipinski definition) is 4. The number of halogens is 3. The first-order valence-corrected chi connectivity index (χ1v) is 15.6. The van der Waals surface area contributed by atoms with Crippen LogP contribution in [0.4, 0.5) is 13.2 Å². The van der Waals surface area contributed by atoms with Crippen LogP contribution in [0.1, 0.15) is 49.7 Å². The minimum Gasteiger partial charge on any atom is -0.370 e. The number of aliphatic imine (C=N–C) groups is 1. The van der Waals surface area contributed by atoms with Gasteiger partial charge in [0.2, 0.25) is 11.8 Å². The highest BCUT2D eigenvalue weighted by molar-refractivity contribution is 5.88. The fourth-order valence-corrected chi connectivity index (χ4v) is 5.66. The molecule has 0 saturated carbocycles. The molecule has 8 nitrogen and oxygen atoms in total. The van der Waals surface area contributed by atoms with Gasteiger partial charge in [-0.1, -0.05) is 78.9 Å². The van der Waals surface area contributed by atoms with Crippen molar-refractivity contribution in [1.82, 2.24) is 15.5 Å². The molecule has 1 aliphatic carbocycles. The third kappa shape index (κ3) is 9.56. The van der Waals surface area contributed by atoms with E-state index in [2.05, 4.69) is 39.9 Å². The summed E-state index contributed by atoms with van der Waals surface area (Å²) in [5.74, 6) is -0.410. The number of alkyl halides is 3. The van der Waals surface area contributed by atoms with E-state index in [1.54, 1.807) is 0 Å². The fourth-order valence-electron chi connectivity index (χ4n) is 5.66. The Balaban J connectivity index is 1.43. The number of nitrogens with zero attached hydrogens (tertiary/aromatic N) is 2. The Hall–Kier alpha value is -4.38. The van der Waals surface area contributed by atoms with Crippen molar-refractivity contribution in [1.29, 1.82) is 0 Å². The number of rotatable bonds is 12. The predicted molar refractivity (Wildman–Crippen MR) is 175 cm³/mol. The van der Waals surface area contributed by atoms with Crippen molar-refractivity contribution in [3.8, 4) is 0 Å². The Kier molecular flexibility index (Phi) is 11.8. The van der Waals surface area contributed by atoms with Crippen LogP contribution in [0.15, 0.2) is 102 Å². The molecular formula is C35H43F3N6O2. The van der Waals surface area contributed by atoms with Gasteiger partial charge in [0.25, 0.3) is 0 Å². The average molecular weight is 637 g/mol. The summed E-state index contributed by atoms with van der Waals surface area (Å²) in [5.41, 5.74) is 11.8. The highest BCUT2D eigenvalue weighted by Crippen LogP contribution is 2.44. The van der Waals surface area contributed by atoms with E-state index in [9.17, 15) is 22.8 Å². The molecule has 11 heteroatoms. The maximum absolute atomic E-state index is 13.9. The molecular weight excluding hydrogens is 593 g/mol. The molecule has 0 aromatic heterocycles. The fraction of sp³-hybridized carbons (Fsp3) is 0.400. The number of carbonyl (C=O) groups is 2. The molecule has 4 rings (SSSR count). The van der Waals surface area contributed by atoms with Gasteiger partial charge in [0.15, 0.2) is 5.96 Å². The van der Waals surface area contributed by atoms with Gasteiger partial charge in [0, 0.05) is 44.2 Å². The Morgan fingerprint density at radius 1 is 1.13 bits per heavy atom. The smallest absolute Gasteiger partial charge is 0.370 e. The zero-order chi connectivity index (χ0) is 33.2. The number of nitrogens with two attached hydrogens (primary N) is 2. The van der Waals surface area contributed by atoms with Gasteiger partial charge in [-0.2, -0.15) is 13.2 Å². The number of carbonyl (C=O) groups excluding carboxylic acids is 2. The molecule has 3 atom stereocenters. The SMILES string of the molecule is CC1(C(F)(F)F)C=CC(/C=C/C(=O)NC[C@@H]2CCN(CC(c3ccccc3)c3ccccc3)C(=O)[C@H](CCCN=C(N)N)N2)=CC1. The summed E-state index contributed by atoms with van der Waals surface area (Å²) in [6, 6.07) is 19.5. The molecule has 46 heavy (non-hydrogen) atoms. The van der Waals surface area contributed by atoms with E-state index in [1.165, 1.54) is 24.3 Å². The molecule has 1 fully saturated rings. The second-order valence-electron chi connectivity index (χ2n) is 12.0. The topological polar surface area (TPSA) is 126 Å². The molecule has 1 aliphatic heterocycles. The summed E-state index contributed by atoms with van der Waals surface area (Å²) in [5, 5.41) is 6.33. The Morgan fingerprint density at radius 3 is 2.35 bits per heavy atom. The van der Waals surface area contributed by atoms with Crippen LogP contribution in [0.25, 0.3) is 0 Å². The molecule has 1 saturated heterocycles. The third-order valence-corrected chi connectivity index (χ3v) is 8.55. The van der Waals surface area contributed by atoms with Crippen LogP contribution in [0.2, 0.25) is 0 Å². The molecule has 0 bridgehead atoms. The van der Waals surface area contributed by atoms with Crippen molar-refractivity contribution in [2.24, 2.45) is 21.9 Å². The lowest BCUT2D eigenvalue weighted by molar-refractivity contribution is -0.199. The van der Waals surface area contributed by atoms with Gasteiger partial charge in [-0.3, -0.25) is 14.6 Å². The number of benzene rings is 2. The first-order chi connectivity index (χ1) is 21.9. The molecule has 2 aliphatic rings. The molecule has 1 heterocycles. The summed E-state index contributed by atoms with van der Waals surface area (Å²) < 4.78 is 39.8. The van der Waals surface area contributed by atoms with E-state index in [4.69, 9.17) is 11.5 Å². The van der Waals surface area contributed by atoms with Crippen molar-refractivity contribution < 1.29 is 22.8 Å². The normalized spacial score (nSPS) is 22.1. The van der Waals surface area contributed by atoms with Crippen molar-refractivity contribution in [3.05, 3.63) is 108 Å². The lowest BCUT2D eigenvalue weighted by atomic mass is 9.81. The van der Waals surface area contributed by atoms with Gasteiger partial charge >= 0.3 is 6.18 Å². The second-order valence-corrected chi connectivity index (χ2v) is 12.0. The Labute approximate surface area is 268 Å². The number of nitrogens with one attached hydrogen (secondary N) is 2. The van der Waals surface area contributed by atoms with Crippen molar-refractivity contribution >= 4 is 17.8 Å². The zero-order valence-corrected chi connectivity index (χ0v) is 26.0. The van der Waals surface area contributed by atoms with Gasteiger partial charge in [0.1, 0.15) is 0 Å². The first-order valence-electron chi connectivity index (χ1n) is 15.6. The zero-order valence-electron chi connectivity index (χ0n) is 26.0. The predicted octanol–water partition coefficient (Wildman–Crippen LogP) is 4.56. The summed E-state index contributed by atoms with van der Waals surface area (Å²) >= 11 is 0. The number of guanidine groups is 1. The molecule has 6 N–H and O–H groups in total. The molecule has 1 unspecified atom stereocenters. The minimum atomic E-state index is -4.35. The molecule has 2 aromatic rings. The quantitative estimate of drug-likeness (QED) is 0.118. The third-order valence-electron chi connectivity index (χ3n) is 8.55. The van der Waals surface area contributed by atoms with E-state index in [0.717, 1.165) is 24.1 Å². The average Bonchev–Trinajstić information content (AvgIpc) is 3.18. The van der Waals surface area contributed by atoms with E-state index < -0.39 is 17.6 Å². The van der Waals surface area contributed by atoms with Crippen molar-refractivity contribution in [2.45, 2.75) is 56.8 Å². The maximum atomic E-state index is 13.9. The Morgan fingerprint density at radius 2 is 1.78 bits per heavy atom. The van der Waals surface area contributed by atoms with Crippen LogP contribution < -0.4 is 22.1 Å². The van der Waals surface area contributed by atoms with Crippen LogP contribution in [0.3, 0.4) is 0 Å². The number of hydrogen-bond acceptors (Lipinski definition) is 4. The molecule has 0 spiro atoms. The number of allylic oxidation sites excluding steroid dienone is 5. The second kappa shape index (κ2) is 15.8. The lowest BCUT2D eigenvalue weighted by Gasteiger charge is -2.30. The minimum absolute atomic E-state index is 0.00200. The van der Waals surface area contributed by atoms with Crippen LogP contribution >= 0.6 is 0 Å². The van der Waals surface area contributed by atoms with E-state index in [1.807, 2.05) is 41.3 Å². The van der Waals surface area contributed by atoms with E-state index in [0.29, 0.717) is 44.5 Å². The van der Waals surface area contributed by atoms with E-state index in [-0.39, 0.29) is 42.7 Å². The van der Waals surface area contributed by atoms with E-state index >= 15 is 0 Å². The van der Waals surface area contributed by atoms with Gasteiger partial charge in [-0.05, 0) is 55.4 Å². The van der Waals surface area contributed by atoms with Crippen LogP contribution in [0.5, 0.6) is 0 Å². The summed E-state index contributed by atoms with van der Waals surface area (Å²) in [6.45, 7) is 2.81. The molecule has 2 aromatic carbocycles. The highest BCUT2D eigenvalue weighted by Gasteiger charge is 2.49. The van der Waals surface area contributed by atoms with Crippen molar-refractivity contribution in [2.75, 3.05) is 26.2 Å². The van der Waals surface area contributed by atoms with Crippen LogP contribution in [-0.4, -0.2) is 67.1 Å². The number of amides is 2. The monoisotopic (exact) mass is 636 g/mol. The molecule has 0 radical (unpaired) electrons. The highest BCUT2D eigenvalue weighted by atomic mass is 19.4. The lowest BCUT2D eigenvalue weighted by Crippen LogP contribution is -2.49. The summed E-state index contributed by atoms with van der Waals surface area (Å²) in [6.07, 6.45) is 4.01. The molecule has 246 valence electrons. The molecule has 2 amide bonds. The van der Waals surface area contributed by atoms with Gasteiger partial charge in [-0.15, -0.1) is 0 Å². The van der Waals surface area contributed by atoms with Gasteiger partial charge in [-0.25, -0.2) is 0 Å². The van der Waals surface area contributed by atoms with Gasteiger partial charge in [0.05, 0.1) is 11.5 Å².